The highest BCUT2D eigenvalue weighted by molar-refractivity contribution is 7.80. The lowest BCUT2D eigenvalue weighted by molar-refractivity contribution is -0.123. The van der Waals surface area contributed by atoms with E-state index in [1.165, 1.54) is 29.5 Å². The molecule has 2 aromatic rings. The van der Waals surface area contributed by atoms with Gasteiger partial charge in [-0.15, -0.1) is 11.3 Å². The molecule has 10 heteroatoms. The molecule has 0 aliphatic rings. The minimum atomic E-state index is -0.509. The molecule has 0 saturated heterocycles. The molecule has 2 amide bonds. The van der Waals surface area contributed by atoms with E-state index in [2.05, 4.69) is 16.2 Å². The Balaban J connectivity index is 1.67. The van der Waals surface area contributed by atoms with Crippen LogP contribution in [0.1, 0.15) is 22.2 Å². The van der Waals surface area contributed by atoms with Crippen LogP contribution in [0.4, 0.5) is 0 Å². The lowest BCUT2D eigenvalue weighted by Gasteiger charge is -2.10. The first kappa shape index (κ1) is 22.1. The SMILES string of the molecule is CCOC(=O)c1ccc(OCC(=O)NNC(=S)NC(=O)C=Cc2cccs2)cc1. The molecule has 152 valence electrons. The second kappa shape index (κ2) is 11.6. The normalized spacial score (nSPS) is 10.2. The molecule has 1 aromatic heterocycles. The zero-order valence-electron chi connectivity index (χ0n) is 15.5. The van der Waals surface area contributed by atoms with Crippen molar-refractivity contribution in [3.8, 4) is 5.75 Å². The molecule has 0 aliphatic carbocycles. The zero-order valence-corrected chi connectivity index (χ0v) is 17.1. The summed E-state index contributed by atoms with van der Waals surface area (Å²) < 4.78 is 10.2. The van der Waals surface area contributed by atoms with E-state index in [0.717, 1.165) is 4.88 Å². The van der Waals surface area contributed by atoms with Gasteiger partial charge in [0.1, 0.15) is 5.75 Å². The van der Waals surface area contributed by atoms with Crippen molar-refractivity contribution in [3.63, 3.8) is 0 Å². The number of ether oxygens (including phenoxy) is 2. The first-order valence-electron chi connectivity index (χ1n) is 8.49. The summed E-state index contributed by atoms with van der Waals surface area (Å²) in [5, 5.41) is 4.24. The smallest absolute Gasteiger partial charge is 0.338 e. The van der Waals surface area contributed by atoms with Crippen LogP contribution in [0.25, 0.3) is 6.08 Å². The average Bonchev–Trinajstić information content (AvgIpc) is 3.23. The van der Waals surface area contributed by atoms with Gasteiger partial charge in [-0.1, -0.05) is 6.07 Å². The zero-order chi connectivity index (χ0) is 21.1. The van der Waals surface area contributed by atoms with Crippen molar-refractivity contribution in [3.05, 3.63) is 58.3 Å². The van der Waals surface area contributed by atoms with Crippen molar-refractivity contribution in [1.29, 1.82) is 0 Å². The Morgan fingerprint density at radius 3 is 2.55 bits per heavy atom. The Morgan fingerprint density at radius 2 is 1.90 bits per heavy atom. The summed E-state index contributed by atoms with van der Waals surface area (Å²) in [4.78, 5) is 36.0. The summed E-state index contributed by atoms with van der Waals surface area (Å²) in [6.07, 6.45) is 2.99. The van der Waals surface area contributed by atoms with Crippen molar-refractivity contribution >= 4 is 52.5 Å². The van der Waals surface area contributed by atoms with Gasteiger partial charge >= 0.3 is 5.97 Å². The monoisotopic (exact) mass is 433 g/mol. The van der Waals surface area contributed by atoms with Gasteiger partial charge in [0.25, 0.3) is 5.91 Å². The number of thiocarbonyl (C=S) groups is 1. The topological polar surface area (TPSA) is 106 Å². The Labute approximate surface area is 176 Å². The van der Waals surface area contributed by atoms with Crippen LogP contribution in [0.15, 0.2) is 47.9 Å². The van der Waals surface area contributed by atoms with Crippen LogP contribution < -0.4 is 20.9 Å². The van der Waals surface area contributed by atoms with Crippen LogP contribution in [0.5, 0.6) is 5.75 Å². The number of hydrogen-bond acceptors (Lipinski definition) is 7. The number of carbonyl (C=O) groups is 3. The van der Waals surface area contributed by atoms with E-state index in [1.807, 2.05) is 17.5 Å². The summed E-state index contributed by atoms with van der Waals surface area (Å²) in [5.41, 5.74) is 5.10. The van der Waals surface area contributed by atoms with Crippen molar-refractivity contribution < 1.29 is 23.9 Å². The molecule has 0 aliphatic heterocycles. The second-order valence-electron chi connectivity index (χ2n) is 5.37. The van der Waals surface area contributed by atoms with Gasteiger partial charge in [-0.3, -0.25) is 25.8 Å². The molecule has 1 aromatic carbocycles. The molecule has 0 spiro atoms. The fourth-order valence-corrected chi connectivity index (χ4v) is 2.71. The molecule has 1 heterocycles. The molecular formula is C19H19N3O5S2. The van der Waals surface area contributed by atoms with Gasteiger partial charge in [-0.05, 0) is 60.9 Å². The number of nitrogens with one attached hydrogen (secondary N) is 3. The Kier molecular flexibility index (Phi) is 8.80. The van der Waals surface area contributed by atoms with Gasteiger partial charge in [-0.2, -0.15) is 0 Å². The molecule has 2 rings (SSSR count). The van der Waals surface area contributed by atoms with Crippen molar-refractivity contribution in [1.82, 2.24) is 16.2 Å². The third kappa shape index (κ3) is 8.11. The summed E-state index contributed by atoms with van der Waals surface area (Å²) in [7, 11) is 0. The second-order valence-corrected chi connectivity index (χ2v) is 6.76. The minimum absolute atomic E-state index is 0.0574. The number of esters is 1. The Morgan fingerprint density at radius 1 is 1.14 bits per heavy atom. The van der Waals surface area contributed by atoms with Gasteiger partial charge in [0.2, 0.25) is 5.91 Å². The predicted octanol–water partition coefficient (Wildman–Crippen LogP) is 2.04. The summed E-state index contributed by atoms with van der Waals surface area (Å²) in [6.45, 7) is 1.72. The third-order valence-electron chi connectivity index (χ3n) is 3.23. The first-order chi connectivity index (χ1) is 14.0. The van der Waals surface area contributed by atoms with E-state index in [-0.39, 0.29) is 18.3 Å². The van der Waals surface area contributed by atoms with Gasteiger partial charge < -0.3 is 9.47 Å². The fourth-order valence-electron chi connectivity index (χ4n) is 1.94. The van der Waals surface area contributed by atoms with Crippen LogP contribution in [0.2, 0.25) is 0 Å². The minimum Gasteiger partial charge on any atom is -0.484 e. The number of hydrogen-bond donors (Lipinski definition) is 3. The lowest BCUT2D eigenvalue weighted by atomic mass is 10.2. The van der Waals surface area contributed by atoms with Crippen LogP contribution in [0, 0.1) is 0 Å². The molecule has 0 bridgehead atoms. The molecule has 29 heavy (non-hydrogen) atoms. The van der Waals surface area contributed by atoms with Crippen molar-refractivity contribution in [2.75, 3.05) is 13.2 Å². The van der Waals surface area contributed by atoms with Gasteiger partial charge in [0.05, 0.1) is 12.2 Å². The van der Waals surface area contributed by atoms with Gasteiger partial charge in [0, 0.05) is 11.0 Å². The fraction of sp³-hybridized carbons (Fsp3) is 0.158. The van der Waals surface area contributed by atoms with E-state index in [0.29, 0.717) is 11.3 Å². The maximum atomic E-state index is 11.8. The third-order valence-corrected chi connectivity index (χ3v) is 4.27. The maximum Gasteiger partial charge on any atom is 0.338 e. The van der Waals surface area contributed by atoms with Crippen molar-refractivity contribution in [2.24, 2.45) is 0 Å². The molecule has 3 N–H and O–H groups in total. The maximum absolute atomic E-state index is 11.8. The molecule has 0 radical (unpaired) electrons. The number of rotatable bonds is 7. The summed E-state index contributed by atoms with van der Waals surface area (Å²) in [5.74, 6) is -0.960. The number of benzene rings is 1. The Bertz CT molecular complexity index is 880. The number of thiophene rings is 1. The highest BCUT2D eigenvalue weighted by Gasteiger charge is 2.08. The Hall–Kier alpha value is -3.24. The molecule has 8 nitrogen and oxygen atoms in total. The average molecular weight is 434 g/mol. The van der Waals surface area contributed by atoms with Crippen molar-refractivity contribution in [2.45, 2.75) is 6.92 Å². The van der Waals surface area contributed by atoms with Crippen LogP contribution in [0.3, 0.4) is 0 Å². The van der Waals surface area contributed by atoms with Crippen LogP contribution in [-0.4, -0.2) is 36.1 Å². The van der Waals surface area contributed by atoms with Gasteiger partial charge in [-0.25, -0.2) is 4.79 Å². The van der Waals surface area contributed by atoms with Crippen LogP contribution in [-0.2, 0) is 14.3 Å². The lowest BCUT2D eigenvalue weighted by Crippen LogP contribution is -2.49. The molecule has 0 saturated carbocycles. The standard InChI is InChI=1S/C19H19N3O5S2/c1-2-26-18(25)13-5-7-14(8-6-13)27-12-17(24)21-22-19(28)20-16(23)10-9-15-4-3-11-29-15/h3-11H,2,12H2,1H3,(H,21,24)(H2,20,22,23,28). The van der Waals surface area contributed by atoms with E-state index < -0.39 is 17.8 Å². The van der Waals surface area contributed by atoms with E-state index in [4.69, 9.17) is 21.7 Å². The number of carbonyl (C=O) groups excluding carboxylic acids is 3. The first-order valence-corrected chi connectivity index (χ1v) is 9.78. The summed E-state index contributed by atoms with van der Waals surface area (Å²) in [6, 6.07) is 9.93. The van der Waals surface area contributed by atoms with E-state index in [1.54, 1.807) is 25.1 Å². The highest BCUT2D eigenvalue weighted by atomic mass is 32.1. The van der Waals surface area contributed by atoms with E-state index in [9.17, 15) is 14.4 Å². The largest absolute Gasteiger partial charge is 0.484 e. The summed E-state index contributed by atoms with van der Waals surface area (Å²) >= 11 is 6.42. The number of amides is 2. The molecule has 0 fully saturated rings. The van der Waals surface area contributed by atoms with Gasteiger partial charge in [0.15, 0.2) is 11.7 Å². The highest BCUT2D eigenvalue weighted by Crippen LogP contribution is 2.13. The number of hydrazine groups is 1. The molecule has 0 unspecified atom stereocenters. The molecule has 0 atom stereocenters. The molecular weight excluding hydrogens is 414 g/mol. The predicted molar refractivity (Wildman–Crippen MR) is 113 cm³/mol. The van der Waals surface area contributed by atoms with Crippen LogP contribution >= 0.6 is 23.6 Å². The van der Waals surface area contributed by atoms with E-state index >= 15 is 0 Å². The quantitative estimate of drug-likeness (QED) is 0.266.